The summed E-state index contributed by atoms with van der Waals surface area (Å²) in [7, 11) is 0. The van der Waals surface area contributed by atoms with E-state index in [1.165, 1.54) is 0 Å². The van der Waals surface area contributed by atoms with Crippen molar-refractivity contribution in [3.63, 3.8) is 0 Å². The molecule has 0 fully saturated rings. The van der Waals surface area contributed by atoms with Gasteiger partial charge in [0.1, 0.15) is 11.9 Å². The van der Waals surface area contributed by atoms with Gasteiger partial charge in [0, 0.05) is 0 Å². The topological polar surface area (TPSA) is 80.3 Å². The number of carboxylic acid groups (broad SMARTS) is 2. The van der Waals surface area contributed by atoms with Crippen LogP contribution >= 0.6 is 0 Å². The van der Waals surface area contributed by atoms with E-state index >= 15 is 0 Å². The van der Waals surface area contributed by atoms with Gasteiger partial charge in [0.2, 0.25) is 0 Å². The zero-order valence-corrected chi connectivity index (χ0v) is 15.6. The first-order valence-corrected chi connectivity index (χ1v) is 6.22. The van der Waals surface area contributed by atoms with Crippen LogP contribution in [0.5, 0.6) is 0 Å². The predicted molar refractivity (Wildman–Crippen MR) is 57.6 cm³/mol. The first-order chi connectivity index (χ1) is 13.4. The van der Waals surface area contributed by atoms with Crippen molar-refractivity contribution in [1.82, 2.24) is 0 Å². The maximum absolute atomic E-state index is 12.1. The molecular weight excluding hydrogens is 550 g/mol. The van der Waals surface area contributed by atoms with Crippen molar-refractivity contribution in [3.8, 4) is 0 Å². The van der Waals surface area contributed by atoms with Gasteiger partial charge in [-0.25, -0.2) is 0 Å². The standard InChI is InChI=1S/2C5HF9O2.Mg/c2*6-2(7,1(15)16)3(8,9)4(10,11)5(12,13)14;/h2*(H,15,16);/q;;+2/p-2. The fraction of sp³-hybridized carbons (Fsp3) is 0.800. The van der Waals surface area contributed by atoms with Gasteiger partial charge in [-0.15, -0.1) is 0 Å². The Labute approximate surface area is 182 Å². The number of alkyl halides is 18. The van der Waals surface area contributed by atoms with Gasteiger partial charge in [0.15, 0.2) is 0 Å². The number of carbonyl (C=O) groups excluding carboxylic acids is 2. The van der Waals surface area contributed by atoms with Crippen LogP contribution in [0.4, 0.5) is 79.0 Å². The van der Waals surface area contributed by atoms with Crippen molar-refractivity contribution in [3.05, 3.63) is 0 Å². The van der Waals surface area contributed by atoms with Crippen molar-refractivity contribution in [2.45, 2.75) is 47.9 Å². The minimum atomic E-state index is -7.20. The average Bonchev–Trinajstić information content (AvgIpc) is 2.52. The summed E-state index contributed by atoms with van der Waals surface area (Å²) in [6.45, 7) is 0. The quantitative estimate of drug-likeness (QED) is 0.375. The molecule has 0 rings (SSSR count). The second-order valence-corrected chi connectivity index (χ2v) is 5.02. The summed E-state index contributed by atoms with van der Waals surface area (Å²) < 4.78 is 212. The van der Waals surface area contributed by atoms with Gasteiger partial charge < -0.3 is 19.8 Å². The molecule has 0 saturated heterocycles. The number of hydrogen-bond donors (Lipinski definition) is 0. The smallest absolute Gasteiger partial charge is 0.544 e. The van der Waals surface area contributed by atoms with Crippen molar-refractivity contribution in [2.75, 3.05) is 0 Å². The van der Waals surface area contributed by atoms with E-state index < -0.39 is 59.8 Å². The Morgan fingerprint density at radius 3 is 0.636 bits per heavy atom. The third-order valence-electron chi connectivity index (χ3n) is 2.80. The van der Waals surface area contributed by atoms with Crippen LogP contribution in [0.3, 0.4) is 0 Å². The van der Waals surface area contributed by atoms with Gasteiger partial charge >= 0.3 is 70.9 Å². The number of carboxylic acids is 2. The van der Waals surface area contributed by atoms with Gasteiger partial charge in [-0.3, -0.25) is 0 Å². The minimum absolute atomic E-state index is 0. The van der Waals surface area contributed by atoms with Crippen LogP contribution in [-0.2, 0) is 9.59 Å². The Morgan fingerprint density at radius 1 is 0.394 bits per heavy atom. The summed E-state index contributed by atoms with van der Waals surface area (Å²) in [6.07, 6.45) is -14.1. The zero-order valence-electron chi connectivity index (χ0n) is 14.1. The maximum atomic E-state index is 12.1. The molecule has 0 N–H and O–H groups in total. The van der Waals surface area contributed by atoms with Gasteiger partial charge in [-0.05, 0) is 0 Å². The van der Waals surface area contributed by atoms with E-state index in [1.807, 2.05) is 0 Å². The summed E-state index contributed by atoms with van der Waals surface area (Å²) in [5, 5.41) is 18.8. The molecule has 192 valence electrons. The van der Waals surface area contributed by atoms with Crippen LogP contribution in [0.1, 0.15) is 0 Å². The summed E-state index contributed by atoms with van der Waals surface area (Å²) in [5.74, 6) is -50.1. The molecule has 0 aliphatic carbocycles. The van der Waals surface area contributed by atoms with Crippen LogP contribution < -0.4 is 10.2 Å². The van der Waals surface area contributed by atoms with Crippen molar-refractivity contribution < 1.29 is 98.8 Å². The molecule has 0 radical (unpaired) electrons. The number of carbonyl (C=O) groups is 2. The van der Waals surface area contributed by atoms with Crippen LogP contribution in [0.2, 0.25) is 0 Å². The molecule has 0 bridgehead atoms. The molecule has 0 spiro atoms. The van der Waals surface area contributed by atoms with E-state index in [-0.39, 0.29) is 23.1 Å². The Hall–Kier alpha value is -1.55. The fourth-order valence-electron chi connectivity index (χ4n) is 1.01. The van der Waals surface area contributed by atoms with Crippen molar-refractivity contribution in [2.24, 2.45) is 0 Å². The largest absolute Gasteiger partial charge is 2.00 e. The van der Waals surface area contributed by atoms with E-state index in [4.69, 9.17) is 0 Å². The molecule has 4 nitrogen and oxygen atoms in total. The molecule has 0 aromatic rings. The Bertz CT molecular complexity index is 648. The summed E-state index contributed by atoms with van der Waals surface area (Å²) in [4.78, 5) is 18.8. The van der Waals surface area contributed by atoms with Crippen LogP contribution in [0, 0.1) is 0 Å². The van der Waals surface area contributed by atoms with Gasteiger partial charge in [-0.1, -0.05) is 0 Å². The molecule has 0 amide bonds. The van der Waals surface area contributed by atoms with E-state index in [0.717, 1.165) is 0 Å². The number of halogens is 18. The fourth-order valence-corrected chi connectivity index (χ4v) is 1.01. The van der Waals surface area contributed by atoms with Gasteiger partial charge in [-0.2, -0.15) is 79.0 Å². The second-order valence-electron chi connectivity index (χ2n) is 5.02. The van der Waals surface area contributed by atoms with E-state index in [9.17, 15) is 98.8 Å². The summed E-state index contributed by atoms with van der Waals surface area (Å²) in [5.41, 5.74) is 0. The van der Waals surface area contributed by atoms with Crippen molar-refractivity contribution >= 4 is 35.0 Å². The Morgan fingerprint density at radius 2 is 0.545 bits per heavy atom. The Kier molecular flexibility index (Phi) is 10.5. The van der Waals surface area contributed by atoms with E-state index in [1.54, 1.807) is 0 Å². The molecule has 0 aromatic heterocycles. The van der Waals surface area contributed by atoms with Gasteiger partial charge in [0.25, 0.3) is 0 Å². The van der Waals surface area contributed by atoms with Crippen LogP contribution in [0.25, 0.3) is 0 Å². The van der Waals surface area contributed by atoms with E-state index in [2.05, 4.69) is 0 Å². The summed E-state index contributed by atoms with van der Waals surface area (Å²) >= 11 is 0. The monoisotopic (exact) mass is 550 g/mol. The molecule has 0 aliphatic rings. The van der Waals surface area contributed by atoms with E-state index in [0.29, 0.717) is 0 Å². The molecular formula is C10F18MgO4. The molecule has 0 aliphatic heterocycles. The molecule has 0 atom stereocenters. The zero-order chi connectivity index (χ0) is 27.2. The first kappa shape index (κ1) is 36.0. The normalized spacial score (nSPS) is 14.6. The molecule has 23 heteroatoms. The molecule has 0 saturated carbocycles. The predicted octanol–water partition coefficient (Wildman–Crippen LogP) is 2.03. The molecule has 33 heavy (non-hydrogen) atoms. The average molecular weight is 550 g/mol. The first-order valence-electron chi connectivity index (χ1n) is 6.22. The Balaban J connectivity index is -0.000000529. The number of aliphatic carboxylic acids is 2. The number of hydrogen-bond acceptors (Lipinski definition) is 4. The third kappa shape index (κ3) is 5.93. The van der Waals surface area contributed by atoms with Crippen LogP contribution in [-0.4, -0.2) is 82.9 Å². The maximum Gasteiger partial charge on any atom is 2.00 e. The van der Waals surface area contributed by atoms with Gasteiger partial charge in [0.05, 0.1) is 0 Å². The molecule has 0 unspecified atom stereocenters. The second kappa shape index (κ2) is 9.60. The number of rotatable bonds is 6. The van der Waals surface area contributed by atoms with Crippen molar-refractivity contribution in [1.29, 1.82) is 0 Å². The SMILES string of the molecule is O=C([O-])C(F)(F)C(F)(F)C(F)(F)C(F)(F)F.O=C([O-])C(F)(F)C(F)(F)C(F)(F)C(F)(F)F.[Mg+2]. The minimum Gasteiger partial charge on any atom is -0.544 e. The summed E-state index contributed by atoms with van der Waals surface area (Å²) in [6, 6.07) is 0. The molecule has 0 aromatic carbocycles. The third-order valence-corrected chi connectivity index (χ3v) is 2.80. The molecule has 0 heterocycles. The van der Waals surface area contributed by atoms with Crippen LogP contribution in [0.15, 0.2) is 0 Å².